The molecule has 1 atom stereocenters. The first-order valence-corrected chi connectivity index (χ1v) is 7.41. The third-order valence-corrected chi connectivity index (χ3v) is 4.17. The quantitative estimate of drug-likeness (QED) is 0.749. The summed E-state index contributed by atoms with van der Waals surface area (Å²) >= 11 is 0. The van der Waals surface area contributed by atoms with E-state index in [1.165, 1.54) is 5.56 Å². The second kappa shape index (κ2) is 5.19. The van der Waals surface area contributed by atoms with E-state index in [0.29, 0.717) is 5.75 Å². The van der Waals surface area contributed by atoms with Crippen molar-refractivity contribution in [1.29, 1.82) is 0 Å². The Morgan fingerprint density at radius 2 is 1.68 bits per heavy atom. The molecule has 0 radical (unpaired) electrons. The molecule has 2 N–H and O–H groups in total. The van der Waals surface area contributed by atoms with Crippen LogP contribution < -0.4 is 5.43 Å². The number of benzene rings is 3. The van der Waals surface area contributed by atoms with E-state index in [2.05, 4.69) is 22.7 Å². The van der Waals surface area contributed by atoms with Gasteiger partial charge in [0, 0.05) is 17.4 Å². The van der Waals surface area contributed by atoms with E-state index in [1.54, 1.807) is 0 Å². The summed E-state index contributed by atoms with van der Waals surface area (Å²) in [6.45, 7) is 0. The fourth-order valence-electron chi connectivity index (χ4n) is 2.98. The molecule has 0 bridgehead atoms. The number of aromatic hydroxyl groups is 1. The number of rotatable bonds is 2. The minimum absolute atomic E-state index is 0.169. The first-order chi connectivity index (χ1) is 10.8. The topological polar surface area (TPSA) is 44.6 Å². The highest BCUT2D eigenvalue weighted by Crippen LogP contribution is 2.33. The van der Waals surface area contributed by atoms with E-state index < -0.39 is 0 Å². The zero-order valence-corrected chi connectivity index (χ0v) is 12.0. The fraction of sp³-hybridized carbons (Fsp3) is 0.105. The highest BCUT2D eigenvalue weighted by Gasteiger charge is 2.23. The van der Waals surface area contributed by atoms with Gasteiger partial charge in [-0.15, -0.1) is 0 Å². The maximum atomic E-state index is 10.6. The van der Waals surface area contributed by atoms with E-state index in [9.17, 15) is 5.11 Å². The van der Waals surface area contributed by atoms with Gasteiger partial charge in [-0.3, -0.25) is 0 Å². The largest absolute Gasteiger partial charge is 0.507 e. The smallest absolute Gasteiger partial charge is 0.132 e. The van der Waals surface area contributed by atoms with E-state index in [4.69, 9.17) is 0 Å². The second-order valence-corrected chi connectivity index (χ2v) is 5.54. The average Bonchev–Trinajstić information content (AvgIpc) is 3.06. The summed E-state index contributed by atoms with van der Waals surface area (Å²) in [6, 6.07) is 22.3. The van der Waals surface area contributed by atoms with Crippen LogP contribution in [0.1, 0.15) is 23.6 Å². The van der Waals surface area contributed by atoms with Crippen molar-refractivity contribution in [2.45, 2.75) is 12.5 Å². The Morgan fingerprint density at radius 3 is 2.55 bits per heavy atom. The molecule has 22 heavy (non-hydrogen) atoms. The molecule has 1 heterocycles. The van der Waals surface area contributed by atoms with Crippen LogP contribution in [0, 0.1) is 0 Å². The van der Waals surface area contributed by atoms with Gasteiger partial charge in [0.25, 0.3) is 0 Å². The summed E-state index contributed by atoms with van der Waals surface area (Å²) in [5.74, 6) is 0.312. The van der Waals surface area contributed by atoms with Gasteiger partial charge in [-0.2, -0.15) is 5.10 Å². The highest BCUT2D eigenvalue weighted by molar-refractivity contribution is 6.08. The summed E-state index contributed by atoms with van der Waals surface area (Å²) in [6.07, 6.45) is 0.774. The third kappa shape index (κ3) is 2.11. The number of fused-ring (bicyclic) bond motifs is 1. The third-order valence-electron chi connectivity index (χ3n) is 4.17. The minimum Gasteiger partial charge on any atom is -0.507 e. The van der Waals surface area contributed by atoms with Crippen molar-refractivity contribution >= 4 is 16.5 Å². The van der Waals surface area contributed by atoms with Gasteiger partial charge >= 0.3 is 0 Å². The lowest BCUT2D eigenvalue weighted by Gasteiger charge is -2.10. The van der Waals surface area contributed by atoms with Crippen molar-refractivity contribution < 1.29 is 5.11 Å². The molecule has 0 fully saturated rings. The van der Waals surface area contributed by atoms with Crippen molar-refractivity contribution in [2.24, 2.45) is 5.10 Å². The van der Waals surface area contributed by atoms with Gasteiger partial charge in [0.1, 0.15) is 5.75 Å². The van der Waals surface area contributed by atoms with Crippen LogP contribution in [0.2, 0.25) is 0 Å². The SMILES string of the molecule is Oc1c(C2=NNC(c3ccccc3)C2)ccc2ccccc12. The lowest BCUT2D eigenvalue weighted by molar-refractivity contribution is 0.480. The van der Waals surface area contributed by atoms with Crippen LogP contribution >= 0.6 is 0 Å². The number of hydrazone groups is 1. The van der Waals surface area contributed by atoms with Gasteiger partial charge in [0.05, 0.1) is 11.8 Å². The van der Waals surface area contributed by atoms with Gasteiger partial charge in [-0.05, 0) is 17.0 Å². The number of nitrogens with one attached hydrogen (secondary N) is 1. The number of hydrogen-bond acceptors (Lipinski definition) is 3. The molecule has 0 saturated heterocycles. The molecule has 108 valence electrons. The minimum atomic E-state index is 0.169. The van der Waals surface area contributed by atoms with E-state index in [1.807, 2.05) is 54.6 Å². The summed E-state index contributed by atoms with van der Waals surface area (Å²) in [5, 5.41) is 16.9. The van der Waals surface area contributed by atoms with E-state index in [-0.39, 0.29) is 6.04 Å². The Morgan fingerprint density at radius 1 is 0.909 bits per heavy atom. The monoisotopic (exact) mass is 288 g/mol. The molecular weight excluding hydrogens is 272 g/mol. The van der Waals surface area contributed by atoms with Crippen molar-refractivity contribution in [3.05, 3.63) is 77.9 Å². The summed E-state index contributed by atoms with van der Waals surface area (Å²) in [5.41, 5.74) is 6.09. The Balaban J connectivity index is 1.68. The Labute approximate surface area is 128 Å². The molecule has 0 spiro atoms. The normalized spacial score (nSPS) is 17.3. The molecule has 3 aromatic carbocycles. The summed E-state index contributed by atoms with van der Waals surface area (Å²) < 4.78 is 0. The van der Waals surface area contributed by atoms with Crippen LogP contribution in [0.5, 0.6) is 5.75 Å². The van der Waals surface area contributed by atoms with Gasteiger partial charge in [-0.1, -0.05) is 60.7 Å². The number of nitrogens with zero attached hydrogens (tertiary/aromatic N) is 1. The van der Waals surface area contributed by atoms with Crippen molar-refractivity contribution in [1.82, 2.24) is 5.43 Å². The lowest BCUT2D eigenvalue weighted by atomic mass is 9.96. The van der Waals surface area contributed by atoms with Crippen molar-refractivity contribution in [3.8, 4) is 5.75 Å². The van der Waals surface area contributed by atoms with Crippen LogP contribution in [0.25, 0.3) is 10.8 Å². The summed E-state index contributed by atoms with van der Waals surface area (Å²) in [4.78, 5) is 0. The van der Waals surface area contributed by atoms with Crippen LogP contribution in [0.3, 0.4) is 0 Å². The molecule has 4 rings (SSSR count). The van der Waals surface area contributed by atoms with Crippen molar-refractivity contribution in [3.63, 3.8) is 0 Å². The molecular formula is C19H16N2O. The molecule has 3 heteroatoms. The lowest BCUT2D eigenvalue weighted by Crippen LogP contribution is -2.09. The molecule has 0 aromatic heterocycles. The Hall–Kier alpha value is -2.81. The predicted octanol–water partition coefficient (Wildman–Crippen LogP) is 3.98. The second-order valence-electron chi connectivity index (χ2n) is 5.54. The molecule has 3 aromatic rings. The van der Waals surface area contributed by atoms with Gasteiger partial charge in [-0.25, -0.2) is 0 Å². The Bertz CT molecular complexity index is 856. The first kappa shape index (κ1) is 12.9. The maximum Gasteiger partial charge on any atom is 0.132 e. The average molecular weight is 288 g/mol. The number of phenolic OH excluding ortho intramolecular Hbond substituents is 1. The molecule has 1 unspecified atom stereocenters. The Kier molecular flexibility index (Phi) is 3.04. The van der Waals surface area contributed by atoms with Gasteiger partial charge in [0.2, 0.25) is 0 Å². The number of phenols is 1. The van der Waals surface area contributed by atoms with Gasteiger partial charge in [0.15, 0.2) is 0 Å². The van der Waals surface area contributed by atoms with Crippen LogP contribution in [-0.2, 0) is 0 Å². The molecule has 1 aliphatic rings. The molecule has 3 nitrogen and oxygen atoms in total. The van der Waals surface area contributed by atoms with Crippen molar-refractivity contribution in [2.75, 3.05) is 0 Å². The standard InChI is InChI=1S/C19H16N2O/c22-19-15-9-5-4-6-13(15)10-11-16(19)18-12-17(20-21-18)14-7-2-1-3-8-14/h1-11,17,20,22H,12H2. The summed E-state index contributed by atoms with van der Waals surface area (Å²) in [7, 11) is 0. The zero-order valence-electron chi connectivity index (χ0n) is 12.0. The van der Waals surface area contributed by atoms with E-state index in [0.717, 1.165) is 28.5 Å². The van der Waals surface area contributed by atoms with Crippen LogP contribution in [0.4, 0.5) is 0 Å². The molecule has 1 aliphatic heterocycles. The number of hydrogen-bond donors (Lipinski definition) is 2. The zero-order chi connectivity index (χ0) is 14.9. The maximum absolute atomic E-state index is 10.6. The predicted molar refractivity (Wildman–Crippen MR) is 89.1 cm³/mol. The van der Waals surface area contributed by atoms with Gasteiger partial charge < -0.3 is 10.5 Å². The van der Waals surface area contributed by atoms with Crippen LogP contribution in [0.15, 0.2) is 71.8 Å². The van der Waals surface area contributed by atoms with E-state index >= 15 is 0 Å². The first-order valence-electron chi connectivity index (χ1n) is 7.41. The molecule has 0 amide bonds. The fourth-order valence-corrected chi connectivity index (χ4v) is 2.98. The van der Waals surface area contributed by atoms with Crippen LogP contribution in [-0.4, -0.2) is 10.8 Å². The molecule has 0 aliphatic carbocycles. The highest BCUT2D eigenvalue weighted by atomic mass is 16.3. The molecule has 0 saturated carbocycles.